The Hall–Kier alpha value is -0.570. The van der Waals surface area contributed by atoms with Gasteiger partial charge in [0.05, 0.1) is 18.6 Å². The number of aliphatic hydroxyl groups excluding tert-OH is 1. The van der Waals surface area contributed by atoms with Crippen molar-refractivity contribution in [2.24, 2.45) is 5.92 Å². The molecule has 0 saturated heterocycles. The first-order valence-electron chi connectivity index (χ1n) is 3.98. The van der Waals surface area contributed by atoms with Crippen molar-refractivity contribution in [3.63, 3.8) is 0 Å². The third kappa shape index (κ3) is 3.37. The van der Waals surface area contributed by atoms with Crippen LogP contribution in [0.2, 0.25) is 0 Å². The lowest BCUT2D eigenvalue weighted by atomic mass is 10.0. The molecule has 2 atom stereocenters. The van der Waals surface area contributed by atoms with E-state index in [4.69, 9.17) is 9.84 Å². The van der Waals surface area contributed by atoms with Crippen molar-refractivity contribution < 1.29 is 14.6 Å². The lowest BCUT2D eigenvalue weighted by Crippen LogP contribution is -2.27. The Bertz CT molecular complexity index is 121. The zero-order chi connectivity index (χ0) is 8.85. The van der Waals surface area contributed by atoms with Gasteiger partial charge in [-0.2, -0.15) is 0 Å². The molecule has 0 saturated carbocycles. The van der Waals surface area contributed by atoms with Crippen LogP contribution < -0.4 is 0 Å². The summed E-state index contributed by atoms with van der Waals surface area (Å²) in [7, 11) is 0. The highest BCUT2D eigenvalue weighted by molar-refractivity contribution is 5.72. The monoisotopic (exact) mass is 160 g/mol. The molecule has 0 aromatic rings. The maximum Gasteiger partial charge on any atom is 0.311 e. The van der Waals surface area contributed by atoms with Crippen LogP contribution in [0.15, 0.2) is 0 Å². The number of carbonyl (C=O) groups is 1. The largest absolute Gasteiger partial charge is 0.466 e. The molecule has 3 nitrogen and oxygen atoms in total. The average molecular weight is 160 g/mol. The lowest BCUT2D eigenvalue weighted by molar-refractivity contribution is -0.151. The summed E-state index contributed by atoms with van der Waals surface area (Å²) in [5.74, 6) is -0.667. The molecule has 0 amide bonds. The maximum atomic E-state index is 11.0. The summed E-state index contributed by atoms with van der Waals surface area (Å²) in [5, 5.41) is 9.11. The van der Waals surface area contributed by atoms with Gasteiger partial charge in [0, 0.05) is 0 Å². The van der Waals surface area contributed by atoms with Gasteiger partial charge in [-0.3, -0.25) is 4.79 Å². The fourth-order valence-corrected chi connectivity index (χ4v) is 0.954. The van der Waals surface area contributed by atoms with Gasteiger partial charge in [0.2, 0.25) is 0 Å². The molecule has 0 radical (unpaired) electrons. The summed E-state index contributed by atoms with van der Waals surface area (Å²) < 4.78 is 4.76. The van der Waals surface area contributed by atoms with Gasteiger partial charge >= 0.3 is 5.97 Å². The number of carbonyl (C=O) groups excluding carboxylic acids is 1. The summed E-state index contributed by atoms with van der Waals surface area (Å²) in [5.41, 5.74) is 0. The molecule has 66 valence electrons. The van der Waals surface area contributed by atoms with Crippen LogP contribution in [0.1, 0.15) is 27.2 Å². The number of aliphatic hydroxyl groups is 1. The highest BCUT2D eigenvalue weighted by atomic mass is 16.5. The van der Waals surface area contributed by atoms with E-state index >= 15 is 0 Å². The number of ether oxygens (including phenoxy) is 1. The van der Waals surface area contributed by atoms with Gasteiger partial charge in [0.15, 0.2) is 0 Å². The van der Waals surface area contributed by atoms with E-state index in [1.54, 1.807) is 13.8 Å². The van der Waals surface area contributed by atoms with Crippen LogP contribution >= 0.6 is 0 Å². The van der Waals surface area contributed by atoms with E-state index < -0.39 is 6.10 Å². The van der Waals surface area contributed by atoms with Crippen LogP contribution in [0.3, 0.4) is 0 Å². The molecule has 0 aromatic carbocycles. The van der Waals surface area contributed by atoms with E-state index in [9.17, 15) is 4.79 Å². The molecule has 0 aliphatic heterocycles. The third-order valence-electron chi connectivity index (χ3n) is 1.61. The van der Waals surface area contributed by atoms with Crippen LogP contribution in [-0.4, -0.2) is 23.8 Å². The normalized spacial score (nSPS) is 15.6. The standard InChI is InChI=1S/C8H16O3/c1-4-7(6(3)9)8(10)11-5-2/h6-7,9H,4-5H2,1-3H3/t6-,7-/m1/s1. The smallest absolute Gasteiger partial charge is 0.311 e. The summed E-state index contributed by atoms with van der Waals surface area (Å²) in [6, 6.07) is 0. The minimum absolute atomic E-state index is 0.301. The Kier molecular flexibility index (Phi) is 4.86. The third-order valence-corrected chi connectivity index (χ3v) is 1.61. The Morgan fingerprint density at radius 1 is 1.55 bits per heavy atom. The second-order valence-corrected chi connectivity index (χ2v) is 2.51. The average Bonchev–Trinajstić information content (AvgIpc) is 1.88. The van der Waals surface area contributed by atoms with E-state index in [0.29, 0.717) is 13.0 Å². The topological polar surface area (TPSA) is 46.5 Å². The van der Waals surface area contributed by atoms with Crippen molar-refractivity contribution in [3.8, 4) is 0 Å². The molecule has 0 heterocycles. The molecular weight excluding hydrogens is 144 g/mol. The van der Waals surface area contributed by atoms with Crippen LogP contribution in [0.4, 0.5) is 0 Å². The molecular formula is C8H16O3. The first-order chi connectivity index (χ1) is 5.13. The Balaban J connectivity index is 3.92. The molecule has 0 rings (SSSR count). The molecule has 0 spiro atoms. The predicted molar refractivity (Wildman–Crippen MR) is 42.1 cm³/mol. The fourth-order valence-electron chi connectivity index (χ4n) is 0.954. The molecule has 0 unspecified atom stereocenters. The number of esters is 1. The van der Waals surface area contributed by atoms with E-state index in [2.05, 4.69) is 0 Å². The van der Waals surface area contributed by atoms with E-state index in [0.717, 1.165) is 0 Å². The minimum Gasteiger partial charge on any atom is -0.466 e. The van der Waals surface area contributed by atoms with E-state index in [-0.39, 0.29) is 11.9 Å². The minimum atomic E-state index is -0.612. The summed E-state index contributed by atoms with van der Waals surface area (Å²) >= 11 is 0. The molecule has 0 bridgehead atoms. The van der Waals surface area contributed by atoms with Crippen molar-refractivity contribution in [2.75, 3.05) is 6.61 Å². The van der Waals surface area contributed by atoms with Gasteiger partial charge in [-0.05, 0) is 20.3 Å². The van der Waals surface area contributed by atoms with Crippen LogP contribution in [0, 0.1) is 5.92 Å². The van der Waals surface area contributed by atoms with Gasteiger partial charge in [-0.25, -0.2) is 0 Å². The van der Waals surface area contributed by atoms with Crippen molar-refractivity contribution in [1.29, 1.82) is 0 Å². The van der Waals surface area contributed by atoms with E-state index in [1.165, 1.54) is 0 Å². The highest BCUT2D eigenvalue weighted by Gasteiger charge is 2.22. The SMILES string of the molecule is CCOC(=O)[C@H](CC)[C@@H](C)O. The van der Waals surface area contributed by atoms with Crippen LogP contribution in [0.5, 0.6) is 0 Å². The summed E-state index contributed by atoms with van der Waals surface area (Å²) in [4.78, 5) is 11.0. The Labute approximate surface area is 67.4 Å². The van der Waals surface area contributed by atoms with E-state index in [1.807, 2.05) is 6.92 Å². The molecule has 11 heavy (non-hydrogen) atoms. The Morgan fingerprint density at radius 2 is 2.09 bits per heavy atom. The quantitative estimate of drug-likeness (QED) is 0.623. The van der Waals surface area contributed by atoms with Crippen molar-refractivity contribution in [1.82, 2.24) is 0 Å². The molecule has 1 N–H and O–H groups in total. The number of hydrogen-bond acceptors (Lipinski definition) is 3. The van der Waals surface area contributed by atoms with Gasteiger partial charge in [0.1, 0.15) is 0 Å². The predicted octanol–water partition coefficient (Wildman–Crippen LogP) is 0.956. The summed E-state index contributed by atoms with van der Waals surface area (Å²) in [6.45, 7) is 5.59. The van der Waals surface area contributed by atoms with Crippen molar-refractivity contribution in [2.45, 2.75) is 33.3 Å². The van der Waals surface area contributed by atoms with Gasteiger partial charge in [-0.15, -0.1) is 0 Å². The molecule has 0 aliphatic rings. The van der Waals surface area contributed by atoms with Crippen LogP contribution in [0.25, 0.3) is 0 Å². The molecule has 0 aliphatic carbocycles. The second kappa shape index (κ2) is 5.13. The fraction of sp³-hybridized carbons (Fsp3) is 0.875. The molecule has 0 fully saturated rings. The number of hydrogen-bond donors (Lipinski definition) is 1. The van der Waals surface area contributed by atoms with Crippen molar-refractivity contribution >= 4 is 5.97 Å². The molecule has 0 aromatic heterocycles. The summed E-state index contributed by atoms with van der Waals surface area (Å²) in [6.07, 6.45) is 0.00954. The zero-order valence-corrected chi connectivity index (χ0v) is 7.33. The highest BCUT2D eigenvalue weighted by Crippen LogP contribution is 2.10. The first kappa shape index (κ1) is 10.4. The van der Waals surface area contributed by atoms with Gasteiger partial charge < -0.3 is 9.84 Å². The second-order valence-electron chi connectivity index (χ2n) is 2.51. The Morgan fingerprint density at radius 3 is 2.36 bits per heavy atom. The molecule has 3 heteroatoms. The first-order valence-corrected chi connectivity index (χ1v) is 3.98. The van der Waals surface area contributed by atoms with Crippen molar-refractivity contribution in [3.05, 3.63) is 0 Å². The lowest BCUT2D eigenvalue weighted by Gasteiger charge is -2.15. The number of rotatable bonds is 4. The van der Waals surface area contributed by atoms with Gasteiger partial charge in [-0.1, -0.05) is 6.92 Å². The van der Waals surface area contributed by atoms with Gasteiger partial charge in [0.25, 0.3) is 0 Å². The maximum absolute atomic E-state index is 11.0. The zero-order valence-electron chi connectivity index (χ0n) is 7.33. The van der Waals surface area contributed by atoms with Crippen LogP contribution in [-0.2, 0) is 9.53 Å².